The molecule has 0 bridgehead atoms. The minimum atomic E-state index is -0.444. The number of aromatic nitrogens is 3. The van der Waals surface area contributed by atoms with Gasteiger partial charge in [0.2, 0.25) is 5.91 Å². The highest BCUT2D eigenvalue weighted by molar-refractivity contribution is 6.00. The first-order valence-corrected chi connectivity index (χ1v) is 10.6. The number of rotatable bonds is 4. The average Bonchev–Trinajstić information content (AvgIpc) is 3.21. The van der Waals surface area contributed by atoms with E-state index in [0.717, 1.165) is 23.0 Å². The number of amides is 2. The first-order chi connectivity index (χ1) is 14.9. The van der Waals surface area contributed by atoms with Crippen molar-refractivity contribution in [2.75, 3.05) is 32.0 Å². The molecule has 0 saturated carbocycles. The molecule has 3 heterocycles. The van der Waals surface area contributed by atoms with Crippen LogP contribution in [-0.4, -0.2) is 69.1 Å². The van der Waals surface area contributed by atoms with Gasteiger partial charge in [0.25, 0.3) is 5.91 Å². The molecule has 0 unspecified atom stereocenters. The zero-order valence-corrected chi connectivity index (χ0v) is 18.4. The number of likely N-dealkylation sites (N-methyl/N-ethyl adjacent to an activating group) is 1. The Morgan fingerprint density at radius 3 is 2.74 bits per heavy atom. The van der Waals surface area contributed by atoms with Crippen molar-refractivity contribution in [3.05, 3.63) is 53.3 Å². The Labute approximate surface area is 181 Å². The summed E-state index contributed by atoms with van der Waals surface area (Å²) in [5, 5.41) is 8.14. The first kappa shape index (κ1) is 21.0. The second-order valence-electron chi connectivity index (χ2n) is 8.06. The van der Waals surface area contributed by atoms with Crippen LogP contribution < -0.4 is 5.32 Å². The van der Waals surface area contributed by atoms with E-state index in [1.165, 1.54) is 0 Å². The third kappa shape index (κ3) is 4.16. The fourth-order valence-electron chi connectivity index (χ4n) is 3.98. The van der Waals surface area contributed by atoms with Crippen LogP contribution in [-0.2, 0) is 11.3 Å². The SMILES string of the molecule is CCn1ccc(NC(=O)[C@H]2CN(C(=O)c3cc4cccc(C)c4nc3C)CCN2C)n1. The van der Waals surface area contributed by atoms with Crippen LogP contribution in [0.5, 0.6) is 0 Å². The summed E-state index contributed by atoms with van der Waals surface area (Å²) in [5.74, 6) is 0.272. The van der Waals surface area contributed by atoms with Gasteiger partial charge < -0.3 is 10.2 Å². The maximum atomic E-state index is 13.3. The van der Waals surface area contributed by atoms with E-state index in [0.29, 0.717) is 36.7 Å². The van der Waals surface area contributed by atoms with E-state index in [1.807, 2.05) is 63.2 Å². The number of fused-ring (bicyclic) bond motifs is 1. The molecule has 3 aromatic rings. The standard InChI is InChI=1S/C23H28N6O2/c1-5-29-10-9-20(26-29)25-22(30)19-14-28(12-11-27(19)4)23(31)18-13-17-8-6-7-15(2)21(17)24-16(18)3/h6-10,13,19H,5,11-12,14H2,1-4H3,(H,25,26,30)/t19-/m1/s1. The molecule has 4 rings (SSSR count). The van der Waals surface area contributed by atoms with Gasteiger partial charge in [0.15, 0.2) is 5.82 Å². The third-order valence-corrected chi connectivity index (χ3v) is 5.92. The monoisotopic (exact) mass is 420 g/mol. The molecule has 0 radical (unpaired) electrons. The van der Waals surface area contributed by atoms with Crippen molar-refractivity contribution in [2.45, 2.75) is 33.4 Å². The minimum absolute atomic E-state index is 0.0884. The number of carbonyl (C=O) groups excluding carboxylic acids is 2. The molecule has 8 heteroatoms. The van der Waals surface area contributed by atoms with Gasteiger partial charge >= 0.3 is 0 Å². The van der Waals surface area contributed by atoms with Gasteiger partial charge in [-0.3, -0.25) is 24.2 Å². The van der Waals surface area contributed by atoms with Gasteiger partial charge in [0.05, 0.1) is 16.8 Å². The number of hydrogen-bond acceptors (Lipinski definition) is 5. The number of nitrogens with zero attached hydrogens (tertiary/aromatic N) is 5. The van der Waals surface area contributed by atoms with E-state index >= 15 is 0 Å². The molecule has 162 valence electrons. The molecule has 1 aliphatic rings. The number of piperazine rings is 1. The van der Waals surface area contributed by atoms with Crippen LogP contribution in [0.3, 0.4) is 0 Å². The van der Waals surface area contributed by atoms with Crippen molar-refractivity contribution < 1.29 is 9.59 Å². The van der Waals surface area contributed by atoms with Crippen LogP contribution in [0.2, 0.25) is 0 Å². The van der Waals surface area contributed by atoms with Gasteiger partial charge in [-0.25, -0.2) is 0 Å². The average molecular weight is 421 g/mol. The quantitative estimate of drug-likeness (QED) is 0.701. The summed E-state index contributed by atoms with van der Waals surface area (Å²) < 4.78 is 1.76. The van der Waals surface area contributed by atoms with Crippen LogP contribution in [0.15, 0.2) is 36.5 Å². The number of anilines is 1. The lowest BCUT2D eigenvalue weighted by atomic mass is 10.0. The van der Waals surface area contributed by atoms with Crippen LogP contribution >= 0.6 is 0 Å². The van der Waals surface area contributed by atoms with Crippen LogP contribution in [0.1, 0.15) is 28.5 Å². The molecule has 0 aliphatic carbocycles. The maximum absolute atomic E-state index is 13.3. The molecule has 2 aromatic heterocycles. The Balaban J connectivity index is 1.53. The highest BCUT2D eigenvalue weighted by Crippen LogP contribution is 2.22. The number of carbonyl (C=O) groups is 2. The predicted octanol–water partition coefficient (Wildman–Crippen LogP) is 2.46. The van der Waals surface area contributed by atoms with Crippen molar-refractivity contribution in [1.29, 1.82) is 0 Å². The lowest BCUT2D eigenvalue weighted by Crippen LogP contribution is -2.57. The van der Waals surface area contributed by atoms with Crippen molar-refractivity contribution in [3.8, 4) is 0 Å². The van der Waals surface area contributed by atoms with Gasteiger partial charge in [-0.2, -0.15) is 5.10 Å². The molecular formula is C23H28N6O2. The molecule has 1 atom stereocenters. The number of benzene rings is 1. The van der Waals surface area contributed by atoms with E-state index in [1.54, 1.807) is 15.6 Å². The topological polar surface area (TPSA) is 83.4 Å². The summed E-state index contributed by atoms with van der Waals surface area (Å²) in [6.07, 6.45) is 1.83. The van der Waals surface area contributed by atoms with Crippen LogP contribution in [0.4, 0.5) is 5.82 Å². The van der Waals surface area contributed by atoms with Crippen LogP contribution in [0, 0.1) is 13.8 Å². The maximum Gasteiger partial charge on any atom is 0.255 e. The third-order valence-electron chi connectivity index (χ3n) is 5.92. The van der Waals surface area contributed by atoms with Gasteiger partial charge in [0.1, 0.15) is 6.04 Å². The van der Waals surface area contributed by atoms with Gasteiger partial charge in [-0.15, -0.1) is 0 Å². The fourth-order valence-corrected chi connectivity index (χ4v) is 3.98. The molecular weight excluding hydrogens is 392 g/mol. The van der Waals surface area contributed by atoms with Gasteiger partial charge in [-0.05, 0) is 39.4 Å². The smallest absolute Gasteiger partial charge is 0.255 e. The zero-order chi connectivity index (χ0) is 22.1. The second-order valence-corrected chi connectivity index (χ2v) is 8.06. The molecule has 1 saturated heterocycles. The summed E-state index contributed by atoms with van der Waals surface area (Å²) in [4.78, 5) is 34.7. The minimum Gasteiger partial charge on any atom is -0.335 e. The van der Waals surface area contributed by atoms with Gasteiger partial charge in [-0.1, -0.05) is 18.2 Å². The Morgan fingerprint density at radius 1 is 1.19 bits per heavy atom. The molecule has 1 fully saturated rings. The number of para-hydroxylation sites is 1. The first-order valence-electron chi connectivity index (χ1n) is 10.6. The Bertz CT molecular complexity index is 1140. The highest BCUT2D eigenvalue weighted by Gasteiger charge is 2.33. The zero-order valence-electron chi connectivity index (χ0n) is 18.4. The lowest BCUT2D eigenvalue weighted by Gasteiger charge is -2.38. The van der Waals surface area contributed by atoms with E-state index < -0.39 is 6.04 Å². The highest BCUT2D eigenvalue weighted by atomic mass is 16.2. The fraction of sp³-hybridized carbons (Fsp3) is 0.391. The Morgan fingerprint density at radius 2 is 2.00 bits per heavy atom. The van der Waals surface area contributed by atoms with E-state index in [2.05, 4.69) is 15.4 Å². The molecule has 2 amide bonds. The summed E-state index contributed by atoms with van der Waals surface area (Å²) in [5.41, 5.74) is 3.29. The van der Waals surface area contributed by atoms with E-state index in [4.69, 9.17) is 0 Å². The molecule has 1 aliphatic heterocycles. The Hall–Kier alpha value is -3.26. The number of nitrogens with one attached hydrogen (secondary N) is 1. The molecule has 31 heavy (non-hydrogen) atoms. The normalized spacial score (nSPS) is 17.2. The van der Waals surface area contributed by atoms with Crippen molar-refractivity contribution in [3.63, 3.8) is 0 Å². The van der Waals surface area contributed by atoms with Crippen molar-refractivity contribution in [2.24, 2.45) is 0 Å². The molecule has 1 N–H and O–H groups in total. The summed E-state index contributed by atoms with van der Waals surface area (Å²) in [6, 6.07) is 9.21. The van der Waals surface area contributed by atoms with Crippen LogP contribution in [0.25, 0.3) is 10.9 Å². The summed E-state index contributed by atoms with van der Waals surface area (Å²) in [7, 11) is 1.91. The Kier molecular flexibility index (Phi) is 5.73. The summed E-state index contributed by atoms with van der Waals surface area (Å²) in [6.45, 7) is 8.11. The van der Waals surface area contributed by atoms with Crippen molar-refractivity contribution >= 4 is 28.5 Å². The van der Waals surface area contributed by atoms with Gasteiger partial charge in [0, 0.05) is 43.8 Å². The molecule has 0 spiro atoms. The van der Waals surface area contributed by atoms with E-state index in [-0.39, 0.29) is 11.8 Å². The number of aryl methyl sites for hydroxylation is 3. The summed E-state index contributed by atoms with van der Waals surface area (Å²) >= 11 is 0. The van der Waals surface area contributed by atoms with E-state index in [9.17, 15) is 9.59 Å². The number of hydrogen-bond donors (Lipinski definition) is 1. The lowest BCUT2D eigenvalue weighted by molar-refractivity contribution is -0.122. The van der Waals surface area contributed by atoms with Crippen molar-refractivity contribution in [1.82, 2.24) is 24.6 Å². The second kappa shape index (κ2) is 8.47. The predicted molar refractivity (Wildman–Crippen MR) is 120 cm³/mol. The molecule has 1 aromatic carbocycles. The molecule has 8 nitrogen and oxygen atoms in total. The number of pyridine rings is 1. The largest absolute Gasteiger partial charge is 0.335 e.